The minimum absolute atomic E-state index is 0.0574. The highest BCUT2D eigenvalue weighted by Crippen LogP contribution is 2.40. The van der Waals surface area contributed by atoms with Crippen LogP contribution in [0.25, 0.3) is 0 Å². The van der Waals surface area contributed by atoms with Crippen molar-refractivity contribution in [2.45, 2.75) is 25.8 Å². The molecule has 1 spiro atoms. The minimum atomic E-state index is -0.335. The van der Waals surface area contributed by atoms with Crippen LogP contribution >= 0.6 is 0 Å². The minimum Gasteiger partial charge on any atom is -0.423 e. The Kier molecular flexibility index (Phi) is 5.59. The van der Waals surface area contributed by atoms with Gasteiger partial charge in [-0.05, 0) is 55.6 Å². The number of likely N-dealkylation sites (tertiary alicyclic amines) is 2. The van der Waals surface area contributed by atoms with Crippen molar-refractivity contribution in [1.29, 1.82) is 0 Å². The van der Waals surface area contributed by atoms with Crippen molar-refractivity contribution in [3.05, 3.63) is 59.9 Å². The Morgan fingerprint density at radius 2 is 1.84 bits per heavy atom. The largest absolute Gasteiger partial charge is 0.423 e. The number of amides is 1. The molecule has 0 aromatic heterocycles. The van der Waals surface area contributed by atoms with Gasteiger partial charge in [-0.25, -0.2) is 9.18 Å². The molecule has 3 aliphatic rings. The van der Waals surface area contributed by atoms with Gasteiger partial charge < -0.3 is 14.5 Å². The maximum Gasteiger partial charge on any atom is 0.331 e. The Morgan fingerprint density at radius 1 is 1.03 bits per heavy atom. The first-order chi connectivity index (χ1) is 15.5. The van der Waals surface area contributed by atoms with E-state index < -0.39 is 0 Å². The summed E-state index contributed by atoms with van der Waals surface area (Å²) in [7, 11) is 0. The summed E-state index contributed by atoms with van der Waals surface area (Å²) in [6.07, 6.45) is 3.22. The van der Waals surface area contributed by atoms with Gasteiger partial charge in [-0.15, -0.1) is 0 Å². The number of anilines is 1. The lowest BCUT2D eigenvalue weighted by Crippen LogP contribution is -2.47. The normalized spacial score (nSPS) is 23.3. The Labute approximate surface area is 187 Å². The van der Waals surface area contributed by atoms with E-state index in [0.717, 1.165) is 63.2 Å². The van der Waals surface area contributed by atoms with Gasteiger partial charge in [-0.3, -0.25) is 9.69 Å². The maximum atomic E-state index is 13.2. The summed E-state index contributed by atoms with van der Waals surface area (Å²) in [5.74, 6) is 0.0247. The zero-order valence-electron chi connectivity index (χ0n) is 18.1. The van der Waals surface area contributed by atoms with Gasteiger partial charge in [0.1, 0.15) is 12.4 Å². The van der Waals surface area contributed by atoms with Crippen molar-refractivity contribution in [3.8, 4) is 5.75 Å². The van der Waals surface area contributed by atoms with Crippen LogP contribution in [0.2, 0.25) is 0 Å². The first-order valence-electron chi connectivity index (χ1n) is 11.3. The van der Waals surface area contributed by atoms with Crippen LogP contribution < -0.4 is 9.64 Å². The molecule has 1 unspecified atom stereocenters. The summed E-state index contributed by atoms with van der Waals surface area (Å²) in [5.41, 5.74) is 2.02. The summed E-state index contributed by atoms with van der Waals surface area (Å²) in [4.78, 5) is 31.3. The van der Waals surface area contributed by atoms with Crippen LogP contribution in [0.4, 0.5) is 10.1 Å². The lowest BCUT2D eigenvalue weighted by Gasteiger charge is -2.40. The number of carbonyl (C=O) groups is 2. The molecule has 3 aliphatic heterocycles. The molecule has 5 rings (SSSR count). The van der Waals surface area contributed by atoms with E-state index in [2.05, 4.69) is 4.90 Å². The third-order valence-corrected chi connectivity index (χ3v) is 6.93. The van der Waals surface area contributed by atoms with E-state index in [-0.39, 0.29) is 36.2 Å². The Bertz CT molecular complexity index is 1010. The fourth-order valence-corrected chi connectivity index (χ4v) is 5.38. The van der Waals surface area contributed by atoms with Crippen molar-refractivity contribution in [2.24, 2.45) is 5.41 Å². The first kappa shape index (κ1) is 20.9. The van der Waals surface area contributed by atoms with E-state index in [9.17, 15) is 14.0 Å². The molecule has 7 heteroatoms. The summed E-state index contributed by atoms with van der Waals surface area (Å²) in [6, 6.07) is 14.1. The molecule has 6 nitrogen and oxygen atoms in total. The van der Waals surface area contributed by atoms with Crippen LogP contribution in [-0.2, 0) is 16.1 Å². The summed E-state index contributed by atoms with van der Waals surface area (Å²) in [6.45, 7) is 4.57. The van der Waals surface area contributed by atoms with Gasteiger partial charge in [0, 0.05) is 31.6 Å². The topological polar surface area (TPSA) is 53.1 Å². The third kappa shape index (κ3) is 4.35. The highest BCUT2D eigenvalue weighted by atomic mass is 19.1. The highest BCUT2D eigenvalue weighted by Gasteiger charge is 2.43. The van der Waals surface area contributed by atoms with E-state index in [1.54, 1.807) is 6.07 Å². The Balaban J connectivity index is 1.21. The molecule has 0 N–H and O–H groups in total. The van der Waals surface area contributed by atoms with Gasteiger partial charge in [0.05, 0.1) is 12.2 Å². The molecule has 1 atom stereocenters. The Morgan fingerprint density at radius 3 is 2.69 bits per heavy atom. The summed E-state index contributed by atoms with van der Waals surface area (Å²) < 4.78 is 18.5. The quantitative estimate of drug-likeness (QED) is 0.544. The van der Waals surface area contributed by atoms with Crippen LogP contribution in [0, 0.1) is 11.2 Å². The molecule has 168 valence electrons. The Hall–Kier alpha value is -2.93. The van der Waals surface area contributed by atoms with Crippen molar-refractivity contribution in [3.63, 3.8) is 0 Å². The van der Waals surface area contributed by atoms with Crippen molar-refractivity contribution < 1.29 is 18.7 Å². The SMILES string of the molecule is O=C1CN(CC(=O)N2CCC3(CCCN(Cc4ccc(F)cc4)C3)C2)c2ccccc2O1. The van der Waals surface area contributed by atoms with E-state index in [0.29, 0.717) is 5.75 Å². The second-order valence-electron chi connectivity index (χ2n) is 9.30. The van der Waals surface area contributed by atoms with Crippen molar-refractivity contribution in [1.82, 2.24) is 9.80 Å². The number of ether oxygens (including phenoxy) is 1. The zero-order chi connectivity index (χ0) is 22.1. The predicted octanol–water partition coefficient (Wildman–Crippen LogP) is 3.07. The van der Waals surface area contributed by atoms with E-state index in [1.165, 1.54) is 12.1 Å². The van der Waals surface area contributed by atoms with Gasteiger partial charge in [0.15, 0.2) is 5.75 Å². The molecule has 32 heavy (non-hydrogen) atoms. The average Bonchev–Trinajstić information content (AvgIpc) is 3.18. The van der Waals surface area contributed by atoms with Crippen LogP contribution in [0.1, 0.15) is 24.8 Å². The summed E-state index contributed by atoms with van der Waals surface area (Å²) >= 11 is 0. The number of hydrogen-bond acceptors (Lipinski definition) is 5. The van der Waals surface area contributed by atoms with Crippen LogP contribution in [0.5, 0.6) is 5.75 Å². The molecule has 2 aromatic carbocycles. The van der Waals surface area contributed by atoms with Gasteiger partial charge in [0.2, 0.25) is 5.91 Å². The number of hydrogen-bond donors (Lipinski definition) is 0. The lowest BCUT2D eigenvalue weighted by atomic mass is 9.79. The second-order valence-corrected chi connectivity index (χ2v) is 9.30. The molecule has 1 amide bonds. The zero-order valence-corrected chi connectivity index (χ0v) is 18.1. The molecule has 0 bridgehead atoms. The van der Waals surface area contributed by atoms with Crippen LogP contribution in [0.3, 0.4) is 0 Å². The number of carbonyl (C=O) groups excluding carboxylic acids is 2. The smallest absolute Gasteiger partial charge is 0.331 e. The monoisotopic (exact) mass is 437 g/mol. The fraction of sp³-hybridized carbons (Fsp3) is 0.440. The maximum absolute atomic E-state index is 13.2. The molecular formula is C25H28FN3O3. The van der Waals surface area contributed by atoms with E-state index in [1.807, 2.05) is 40.1 Å². The van der Waals surface area contributed by atoms with Crippen molar-refractivity contribution >= 4 is 17.6 Å². The third-order valence-electron chi connectivity index (χ3n) is 6.93. The molecule has 0 radical (unpaired) electrons. The van der Waals surface area contributed by atoms with E-state index >= 15 is 0 Å². The number of piperidine rings is 1. The predicted molar refractivity (Wildman–Crippen MR) is 119 cm³/mol. The number of benzene rings is 2. The number of para-hydroxylation sites is 2. The molecular weight excluding hydrogens is 409 g/mol. The standard InChI is InChI=1S/C25H28FN3O3/c26-20-8-6-19(7-9-20)14-27-12-3-10-25(17-27)11-13-28(18-25)23(30)15-29-16-24(31)32-22-5-2-1-4-21(22)29/h1-2,4-9H,3,10-18H2. The number of halogens is 1. The van der Waals surface area contributed by atoms with Gasteiger partial charge in [0.25, 0.3) is 0 Å². The number of nitrogens with zero attached hydrogens (tertiary/aromatic N) is 3. The van der Waals surface area contributed by atoms with Gasteiger partial charge >= 0.3 is 5.97 Å². The summed E-state index contributed by atoms with van der Waals surface area (Å²) in [5, 5.41) is 0. The van der Waals surface area contributed by atoms with Crippen LogP contribution in [0.15, 0.2) is 48.5 Å². The highest BCUT2D eigenvalue weighted by molar-refractivity contribution is 5.89. The molecule has 3 heterocycles. The fourth-order valence-electron chi connectivity index (χ4n) is 5.38. The van der Waals surface area contributed by atoms with E-state index in [4.69, 9.17) is 4.74 Å². The molecule has 0 saturated carbocycles. The molecule has 2 aromatic rings. The van der Waals surface area contributed by atoms with Crippen molar-refractivity contribution in [2.75, 3.05) is 44.2 Å². The first-order valence-corrected chi connectivity index (χ1v) is 11.3. The molecule has 0 aliphatic carbocycles. The number of fused-ring (bicyclic) bond motifs is 1. The molecule has 2 fully saturated rings. The van der Waals surface area contributed by atoms with Crippen LogP contribution in [-0.4, -0.2) is 60.9 Å². The van der Waals surface area contributed by atoms with Gasteiger partial charge in [-0.1, -0.05) is 24.3 Å². The number of rotatable bonds is 4. The second kappa shape index (κ2) is 8.54. The number of esters is 1. The molecule has 2 saturated heterocycles. The average molecular weight is 438 g/mol. The lowest BCUT2D eigenvalue weighted by molar-refractivity contribution is -0.133. The van der Waals surface area contributed by atoms with Gasteiger partial charge in [-0.2, -0.15) is 0 Å².